The van der Waals surface area contributed by atoms with E-state index in [1.165, 1.54) is 18.3 Å². The van der Waals surface area contributed by atoms with Gasteiger partial charge in [-0.1, -0.05) is 22.4 Å². The van der Waals surface area contributed by atoms with E-state index in [2.05, 4.69) is 4.98 Å². The van der Waals surface area contributed by atoms with Crippen molar-refractivity contribution in [2.75, 3.05) is 0 Å². The summed E-state index contributed by atoms with van der Waals surface area (Å²) in [4.78, 5) is 29.0. The van der Waals surface area contributed by atoms with Crippen LogP contribution in [0.4, 0.5) is 8.78 Å². The fourth-order valence-corrected chi connectivity index (χ4v) is 4.86. The molecule has 2 heterocycles. The molecule has 0 aliphatic heterocycles. The first kappa shape index (κ1) is 29.8. The lowest BCUT2D eigenvalue weighted by Crippen LogP contribution is -2.31. The van der Waals surface area contributed by atoms with Crippen molar-refractivity contribution in [3.05, 3.63) is 59.5 Å². The normalized spacial score (nSPS) is 16.9. The summed E-state index contributed by atoms with van der Waals surface area (Å²) < 4.78 is 29.4. The van der Waals surface area contributed by atoms with E-state index < -0.39 is 33.6 Å². The molecule has 2 aromatic heterocycles. The molecule has 0 amide bonds. The summed E-state index contributed by atoms with van der Waals surface area (Å²) in [6.07, 6.45) is 3.37. The van der Waals surface area contributed by atoms with Gasteiger partial charge in [0, 0.05) is 54.2 Å². The van der Waals surface area contributed by atoms with Crippen LogP contribution in [0.3, 0.4) is 0 Å². The van der Waals surface area contributed by atoms with Crippen molar-refractivity contribution in [3.63, 3.8) is 0 Å². The number of carbonyl (C=O) groups is 2. The number of Topliss-reactive ketones (excluding diaryl/α,β-unsaturated/α-hetero) is 1. The number of fused-ring (bicyclic) bond motifs is 1. The van der Waals surface area contributed by atoms with Crippen molar-refractivity contribution in [2.45, 2.75) is 48.4 Å². The maximum absolute atomic E-state index is 13.8. The largest absolute Gasteiger partial charge is 0.478 e. The van der Waals surface area contributed by atoms with Crippen LogP contribution in [0.1, 0.15) is 41.6 Å². The zero-order chi connectivity index (χ0) is 29.6. The fourth-order valence-electron chi connectivity index (χ4n) is 4.86. The molecule has 4 rings (SSSR count). The number of nitrogens with zero attached hydrogens (tertiary/aromatic N) is 2. The number of aromatic carboxylic acids is 1. The molecule has 1 aliphatic rings. The van der Waals surface area contributed by atoms with Crippen LogP contribution in [0.2, 0.25) is 10.2 Å². The molecule has 0 atom stereocenters. The molecule has 0 saturated heterocycles. The van der Waals surface area contributed by atoms with Gasteiger partial charge in [0.2, 0.25) is 5.92 Å². The number of alkyl halides is 2. The highest BCUT2D eigenvalue weighted by Gasteiger charge is 2.35. The van der Waals surface area contributed by atoms with E-state index in [0.717, 1.165) is 0 Å². The van der Waals surface area contributed by atoms with Gasteiger partial charge in [-0.3, -0.25) is 9.78 Å². The first-order chi connectivity index (χ1) is 18.5. The standard InChI is InChI=1S/C26H21B6F2N3O3/c27-25(28,29)21(35)19(22(38)26(30,31)32)16-9-18-20(36-10-16)17(14-1-3-15(4-2-14)23(39)40)12-37(18)11-13-5-7-24(33,34)8-6-13/h1-4,9-10,12-13H,5-8,11,35H2,(H,39,40). The maximum atomic E-state index is 13.8. The molecule has 0 bridgehead atoms. The lowest BCUT2D eigenvalue weighted by Gasteiger charge is -2.29. The molecule has 1 aromatic carbocycles. The predicted molar refractivity (Wildman–Crippen MR) is 155 cm³/mol. The van der Waals surface area contributed by atoms with Gasteiger partial charge in [0.25, 0.3) is 0 Å². The molecule has 190 valence electrons. The van der Waals surface area contributed by atoms with Crippen molar-refractivity contribution in [2.24, 2.45) is 11.7 Å². The zero-order valence-electron chi connectivity index (χ0n) is 21.6. The van der Waals surface area contributed by atoms with Crippen LogP contribution in [-0.2, 0) is 11.3 Å². The summed E-state index contributed by atoms with van der Waals surface area (Å²) in [6, 6.07) is 7.80. The first-order valence-electron chi connectivity index (χ1n) is 12.5. The second-order valence-corrected chi connectivity index (χ2v) is 10.5. The second kappa shape index (κ2) is 10.7. The third-order valence-corrected chi connectivity index (χ3v) is 7.10. The van der Waals surface area contributed by atoms with Crippen LogP contribution in [0.5, 0.6) is 0 Å². The van der Waals surface area contributed by atoms with Crippen molar-refractivity contribution < 1.29 is 23.5 Å². The van der Waals surface area contributed by atoms with E-state index in [4.69, 9.17) is 52.8 Å². The Morgan fingerprint density at radius 1 is 1.02 bits per heavy atom. The topological polar surface area (TPSA) is 98.2 Å². The minimum Gasteiger partial charge on any atom is -0.478 e. The van der Waals surface area contributed by atoms with E-state index in [1.54, 1.807) is 24.4 Å². The number of hydrogen-bond acceptors (Lipinski definition) is 4. The molecule has 1 aliphatic carbocycles. The van der Waals surface area contributed by atoms with E-state index in [-0.39, 0.29) is 35.5 Å². The number of carboxylic acid groups (broad SMARTS) is 1. The van der Waals surface area contributed by atoms with Crippen LogP contribution in [-0.4, -0.2) is 79.4 Å². The Balaban J connectivity index is 1.89. The summed E-state index contributed by atoms with van der Waals surface area (Å²) in [5.74, 6) is -4.79. The average molecular weight is 526 g/mol. The molecular formula is C26H21B6F2N3O3. The lowest BCUT2D eigenvalue weighted by molar-refractivity contribution is -0.113. The molecule has 3 N–H and O–H groups in total. The van der Waals surface area contributed by atoms with Crippen LogP contribution in [0.15, 0.2) is 48.4 Å². The number of nitrogens with two attached hydrogens (primary N) is 1. The number of carbonyl (C=O) groups excluding carboxylic acids is 1. The molecule has 0 spiro atoms. The number of pyridine rings is 1. The minimum atomic E-state index is -2.68. The van der Waals surface area contributed by atoms with E-state index in [1.807, 2.05) is 4.57 Å². The average Bonchev–Trinajstić information content (AvgIpc) is 3.22. The van der Waals surface area contributed by atoms with Crippen molar-refractivity contribution in [1.82, 2.24) is 9.55 Å². The lowest BCUT2D eigenvalue weighted by atomic mass is 9.38. The summed E-state index contributed by atoms with van der Waals surface area (Å²) in [5.41, 5.74) is 7.93. The van der Waals surface area contributed by atoms with Gasteiger partial charge in [0.15, 0.2) is 0 Å². The van der Waals surface area contributed by atoms with Crippen LogP contribution in [0.25, 0.3) is 27.7 Å². The summed E-state index contributed by atoms with van der Waals surface area (Å²) in [6.45, 7) is 0.386. The van der Waals surface area contributed by atoms with Gasteiger partial charge < -0.3 is 15.4 Å². The minimum absolute atomic E-state index is 0.0441. The maximum Gasteiger partial charge on any atom is 0.335 e. The van der Waals surface area contributed by atoms with Crippen LogP contribution in [0, 0.1) is 5.92 Å². The van der Waals surface area contributed by atoms with Crippen molar-refractivity contribution in [3.8, 4) is 11.1 Å². The number of hydrogen-bond donors (Lipinski definition) is 2. The fraction of sp³-hybridized carbons (Fsp3) is 0.346. The molecule has 1 fully saturated rings. The molecule has 12 radical (unpaired) electrons. The van der Waals surface area contributed by atoms with Crippen molar-refractivity contribution in [1.29, 1.82) is 0 Å². The molecule has 0 unspecified atom stereocenters. The number of rotatable bonds is 8. The molecular weight excluding hydrogens is 505 g/mol. The van der Waals surface area contributed by atoms with Gasteiger partial charge in [-0.15, -0.1) is 0 Å². The number of halogens is 2. The summed E-state index contributed by atoms with van der Waals surface area (Å²) in [7, 11) is 34.3. The first-order valence-corrected chi connectivity index (χ1v) is 12.5. The SMILES string of the molecule is [B]C([B])([B])C(=O)C(=C(N)C([B])([B])[B])c1cnc2c(-c3ccc(C(=O)O)cc3)cn(CC3CCC(F)(F)CC3)c2c1. The Kier molecular flexibility index (Phi) is 7.96. The number of benzene rings is 1. The number of ketones is 1. The molecule has 14 heteroatoms. The highest BCUT2D eigenvalue weighted by molar-refractivity contribution is 6.73. The zero-order valence-corrected chi connectivity index (χ0v) is 21.6. The molecule has 3 aromatic rings. The Morgan fingerprint density at radius 3 is 2.15 bits per heavy atom. The Labute approximate surface area is 239 Å². The molecule has 6 nitrogen and oxygen atoms in total. The Morgan fingerprint density at radius 2 is 1.62 bits per heavy atom. The number of carboxylic acids is 1. The van der Waals surface area contributed by atoms with Crippen molar-refractivity contribution >= 4 is 75.4 Å². The quantitative estimate of drug-likeness (QED) is 0.348. The third-order valence-electron chi connectivity index (χ3n) is 7.10. The Bertz CT molecular complexity index is 1480. The van der Waals surface area contributed by atoms with Gasteiger partial charge in [-0.25, -0.2) is 13.6 Å². The predicted octanol–water partition coefficient (Wildman–Crippen LogP) is 2.62. The summed E-state index contributed by atoms with van der Waals surface area (Å²) in [5, 5.41) is 4.79. The van der Waals surface area contributed by atoms with Gasteiger partial charge >= 0.3 is 5.97 Å². The second-order valence-electron chi connectivity index (χ2n) is 10.5. The Hall–Kier alpha value is -3.16. The van der Waals surface area contributed by atoms with Crippen LogP contribution < -0.4 is 5.73 Å². The summed E-state index contributed by atoms with van der Waals surface area (Å²) >= 11 is 0. The highest BCUT2D eigenvalue weighted by Crippen LogP contribution is 2.39. The number of allylic oxidation sites excluding steroid dienone is 2. The van der Waals surface area contributed by atoms with E-state index >= 15 is 0 Å². The van der Waals surface area contributed by atoms with Gasteiger partial charge in [0.1, 0.15) is 5.78 Å². The smallest absolute Gasteiger partial charge is 0.335 e. The molecule has 40 heavy (non-hydrogen) atoms. The third kappa shape index (κ3) is 6.26. The number of aromatic nitrogens is 2. The van der Waals surface area contributed by atoms with Crippen LogP contribution >= 0.6 is 0 Å². The van der Waals surface area contributed by atoms with Gasteiger partial charge in [-0.05, 0) is 42.5 Å². The van der Waals surface area contributed by atoms with Gasteiger partial charge in [-0.2, -0.15) is 0 Å². The van der Waals surface area contributed by atoms with E-state index in [0.29, 0.717) is 41.5 Å². The van der Waals surface area contributed by atoms with Gasteiger partial charge in [0.05, 0.1) is 63.7 Å². The monoisotopic (exact) mass is 527 g/mol. The van der Waals surface area contributed by atoms with E-state index in [9.17, 15) is 23.5 Å². The molecule has 1 saturated carbocycles. The highest BCUT2D eigenvalue weighted by atomic mass is 19.3.